The Hall–Kier alpha value is -2.59. The van der Waals surface area contributed by atoms with Crippen LogP contribution >= 0.6 is 0 Å². The summed E-state index contributed by atoms with van der Waals surface area (Å²) >= 11 is 0. The van der Waals surface area contributed by atoms with E-state index in [1.807, 2.05) is 12.1 Å². The van der Waals surface area contributed by atoms with Gasteiger partial charge in [-0.2, -0.15) is 5.26 Å². The zero-order valence-corrected chi connectivity index (χ0v) is 9.97. The van der Waals surface area contributed by atoms with Crippen LogP contribution in [0.25, 0.3) is 0 Å². The molecule has 0 aliphatic rings. The first-order chi connectivity index (χ1) is 8.78. The molecule has 0 fully saturated rings. The Balaban J connectivity index is 1.94. The predicted molar refractivity (Wildman–Crippen MR) is 65.4 cm³/mol. The summed E-state index contributed by atoms with van der Waals surface area (Å²) in [5.74, 6) is 7.20. The molecule has 88 valence electrons. The third-order valence-corrected chi connectivity index (χ3v) is 2.26. The van der Waals surface area contributed by atoms with Crippen molar-refractivity contribution in [1.82, 2.24) is 10.2 Å². The zero-order valence-electron chi connectivity index (χ0n) is 9.97. The van der Waals surface area contributed by atoms with E-state index in [0.29, 0.717) is 30.2 Å². The van der Waals surface area contributed by atoms with E-state index in [1.54, 1.807) is 19.1 Å². The van der Waals surface area contributed by atoms with Gasteiger partial charge in [0.15, 0.2) is 0 Å². The van der Waals surface area contributed by atoms with Crippen LogP contribution in [0.4, 0.5) is 0 Å². The highest BCUT2D eigenvalue weighted by atomic mass is 16.4. The molecule has 0 saturated heterocycles. The molecule has 0 saturated carbocycles. The molecule has 0 unspecified atom stereocenters. The van der Waals surface area contributed by atoms with E-state index < -0.39 is 0 Å². The summed E-state index contributed by atoms with van der Waals surface area (Å²) in [6, 6.07) is 9.31. The zero-order chi connectivity index (χ0) is 12.8. The quantitative estimate of drug-likeness (QED) is 0.751. The number of aromatic nitrogens is 2. The first-order valence-electron chi connectivity index (χ1n) is 5.56. The second-order valence-corrected chi connectivity index (χ2v) is 3.71. The minimum Gasteiger partial charge on any atom is -0.426 e. The normalized spacial score (nSPS) is 9.33. The van der Waals surface area contributed by atoms with E-state index in [9.17, 15) is 0 Å². The molecule has 0 N–H and O–H groups in total. The minimum absolute atomic E-state index is 0.569. The van der Waals surface area contributed by atoms with E-state index in [4.69, 9.17) is 9.68 Å². The van der Waals surface area contributed by atoms with Crippen LogP contribution in [0.2, 0.25) is 0 Å². The number of benzene rings is 1. The number of rotatable bonds is 2. The topological polar surface area (TPSA) is 62.7 Å². The fraction of sp³-hybridized carbons (Fsp3) is 0.214. The van der Waals surface area contributed by atoms with Gasteiger partial charge in [0, 0.05) is 25.3 Å². The van der Waals surface area contributed by atoms with E-state index in [1.165, 1.54) is 0 Å². The molecule has 0 aliphatic heterocycles. The summed E-state index contributed by atoms with van der Waals surface area (Å²) in [4.78, 5) is 0. The SMILES string of the molecule is Cc1nnc(CCC#Cc2cccc(C#N)c2)o1. The molecule has 2 aromatic rings. The van der Waals surface area contributed by atoms with Crippen molar-refractivity contribution in [3.05, 3.63) is 47.2 Å². The second-order valence-electron chi connectivity index (χ2n) is 3.71. The average molecular weight is 237 g/mol. The van der Waals surface area contributed by atoms with Crippen LogP contribution < -0.4 is 0 Å². The van der Waals surface area contributed by atoms with Gasteiger partial charge in [0.1, 0.15) is 0 Å². The molecule has 1 heterocycles. The molecule has 0 atom stereocenters. The van der Waals surface area contributed by atoms with Gasteiger partial charge in [-0.05, 0) is 18.2 Å². The Morgan fingerprint density at radius 3 is 2.83 bits per heavy atom. The Labute approximate surface area is 105 Å². The van der Waals surface area contributed by atoms with Crippen molar-refractivity contribution in [3.63, 3.8) is 0 Å². The van der Waals surface area contributed by atoms with Crippen LogP contribution in [-0.2, 0) is 6.42 Å². The van der Waals surface area contributed by atoms with Gasteiger partial charge in [-0.15, -0.1) is 10.2 Å². The molecule has 1 aromatic heterocycles. The monoisotopic (exact) mass is 237 g/mol. The van der Waals surface area contributed by atoms with E-state index in [2.05, 4.69) is 28.1 Å². The molecule has 4 nitrogen and oxygen atoms in total. The van der Waals surface area contributed by atoms with E-state index in [-0.39, 0.29) is 0 Å². The molecule has 0 radical (unpaired) electrons. The summed E-state index contributed by atoms with van der Waals surface area (Å²) in [7, 11) is 0. The largest absolute Gasteiger partial charge is 0.426 e. The molecule has 1 aromatic carbocycles. The smallest absolute Gasteiger partial charge is 0.217 e. The van der Waals surface area contributed by atoms with Gasteiger partial charge >= 0.3 is 0 Å². The van der Waals surface area contributed by atoms with Crippen LogP contribution in [0, 0.1) is 30.1 Å². The summed E-state index contributed by atoms with van der Waals surface area (Å²) in [6.45, 7) is 1.76. The molecule has 2 rings (SSSR count). The third kappa shape index (κ3) is 3.20. The summed E-state index contributed by atoms with van der Waals surface area (Å²) in [5.41, 5.74) is 1.46. The lowest BCUT2D eigenvalue weighted by Crippen LogP contribution is -1.83. The van der Waals surface area contributed by atoms with Crippen molar-refractivity contribution in [2.45, 2.75) is 19.8 Å². The van der Waals surface area contributed by atoms with Crippen LogP contribution in [0.15, 0.2) is 28.7 Å². The highest BCUT2D eigenvalue weighted by Crippen LogP contribution is 2.03. The maximum atomic E-state index is 8.76. The summed E-state index contributed by atoms with van der Waals surface area (Å²) in [5, 5.41) is 16.4. The lowest BCUT2D eigenvalue weighted by Gasteiger charge is -1.90. The highest BCUT2D eigenvalue weighted by Gasteiger charge is 1.99. The Morgan fingerprint density at radius 2 is 2.11 bits per heavy atom. The Bertz CT molecular complexity index is 641. The number of hydrogen-bond donors (Lipinski definition) is 0. The molecule has 4 heteroatoms. The Kier molecular flexibility index (Phi) is 3.73. The molecule has 18 heavy (non-hydrogen) atoms. The molecule has 0 bridgehead atoms. The maximum Gasteiger partial charge on any atom is 0.217 e. The first kappa shape index (κ1) is 11.9. The fourth-order valence-electron chi connectivity index (χ4n) is 1.44. The molecule has 0 amide bonds. The second kappa shape index (κ2) is 5.65. The standard InChI is InChI=1S/C14H11N3O/c1-11-16-17-14(18-11)8-3-2-5-12-6-4-7-13(9-12)10-15/h4,6-7,9H,3,8H2,1H3. The lowest BCUT2D eigenvalue weighted by molar-refractivity contribution is 0.469. The molecule has 0 spiro atoms. The van der Waals surface area contributed by atoms with Gasteiger partial charge in [-0.1, -0.05) is 17.9 Å². The van der Waals surface area contributed by atoms with Crippen LogP contribution in [-0.4, -0.2) is 10.2 Å². The van der Waals surface area contributed by atoms with Crippen molar-refractivity contribution < 1.29 is 4.42 Å². The number of aryl methyl sites for hydroxylation is 2. The Morgan fingerprint density at radius 1 is 1.28 bits per heavy atom. The average Bonchev–Trinajstić information content (AvgIpc) is 2.81. The maximum absolute atomic E-state index is 8.76. The first-order valence-corrected chi connectivity index (χ1v) is 5.56. The van der Waals surface area contributed by atoms with Crippen molar-refractivity contribution in [2.75, 3.05) is 0 Å². The molecule has 0 aliphatic carbocycles. The fourth-order valence-corrected chi connectivity index (χ4v) is 1.44. The lowest BCUT2D eigenvalue weighted by atomic mass is 10.1. The van der Waals surface area contributed by atoms with Gasteiger partial charge in [0.2, 0.25) is 11.8 Å². The summed E-state index contributed by atoms with van der Waals surface area (Å²) in [6.07, 6.45) is 1.30. The van der Waals surface area contributed by atoms with E-state index in [0.717, 1.165) is 5.56 Å². The van der Waals surface area contributed by atoms with E-state index >= 15 is 0 Å². The number of nitriles is 1. The predicted octanol–water partition coefficient (Wildman–Crippen LogP) is 2.23. The summed E-state index contributed by atoms with van der Waals surface area (Å²) < 4.78 is 5.24. The third-order valence-electron chi connectivity index (χ3n) is 2.26. The van der Waals surface area contributed by atoms with Gasteiger partial charge < -0.3 is 4.42 Å². The van der Waals surface area contributed by atoms with Crippen LogP contribution in [0.3, 0.4) is 0 Å². The number of hydrogen-bond acceptors (Lipinski definition) is 4. The minimum atomic E-state index is 0.569. The molecular weight excluding hydrogens is 226 g/mol. The highest BCUT2D eigenvalue weighted by molar-refractivity contribution is 5.41. The van der Waals surface area contributed by atoms with Crippen LogP contribution in [0.1, 0.15) is 29.3 Å². The van der Waals surface area contributed by atoms with Crippen molar-refractivity contribution >= 4 is 0 Å². The molecular formula is C14H11N3O. The van der Waals surface area contributed by atoms with Crippen molar-refractivity contribution in [3.8, 4) is 17.9 Å². The van der Waals surface area contributed by atoms with Crippen molar-refractivity contribution in [1.29, 1.82) is 5.26 Å². The van der Waals surface area contributed by atoms with Gasteiger partial charge in [0.25, 0.3) is 0 Å². The van der Waals surface area contributed by atoms with Gasteiger partial charge in [-0.25, -0.2) is 0 Å². The number of nitrogens with zero attached hydrogens (tertiary/aromatic N) is 3. The van der Waals surface area contributed by atoms with Crippen LogP contribution in [0.5, 0.6) is 0 Å². The van der Waals surface area contributed by atoms with Crippen molar-refractivity contribution in [2.24, 2.45) is 0 Å². The van der Waals surface area contributed by atoms with Gasteiger partial charge in [-0.3, -0.25) is 0 Å². The van der Waals surface area contributed by atoms with Gasteiger partial charge in [0.05, 0.1) is 11.6 Å².